The molecule has 1 amide bonds. The SMILES string of the molecule is CC(=O)NCC1(c2ccccc2)CCN(CC(C)CCn2c(COc3ccc(Cl)cc3)nc3c(C)cccc32)CC1. The fraction of sp³-hybridized carbons (Fsp3) is 0.412. The number of halogens is 1. The lowest BCUT2D eigenvalue weighted by Crippen LogP contribution is -2.49. The van der Waals surface area contributed by atoms with E-state index in [-0.39, 0.29) is 11.3 Å². The lowest BCUT2D eigenvalue weighted by atomic mass is 9.72. The molecule has 1 fully saturated rings. The van der Waals surface area contributed by atoms with Gasteiger partial charge in [-0.2, -0.15) is 0 Å². The number of aromatic nitrogens is 2. The number of ether oxygens (including phenoxy) is 1. The Labute approximate surface area is 248 Å². The van der Waals surface area contributed by atoms with Crippen molar-refractivity contribution in [1.29, 1.82) is 0 Å². The Hall–Kier alpha value is -3.35. The Kier molecular flexibility index (Phi) is 9.31. The second kappa shape index (κ2) is 13.1. The zero-order valence-corrected chi connectivity index (χ0v) is 25.2. The van der Waals surface area contributed by atoms with Crippen molar-refractivity contribution in [2.24, 2.45) is 5.92 Å². The van der Waals surface area contributed by atoms with Gasteiger partial charge in [-0.1, -0.05) is 61.0 Å². The number of fused-ring (bicyclic) bond motifs is 1. The first-order valence-electron chi connectivity index (χ1n) is 14.7. The van der Waals surface area contributed by atoms with Gasteiger partial charge in [0, 0.05) is 37.0 Å². The summed E-state index contributed by atoms with van der Waals surface area (Å²) in [6.45, 7) is 11.2. The van der Waals surface area contributed by atoms with Crippen LogP contribution in [0.5, 0.6) is 5.75 Å². The molecule has 2 heterocycles. The summed E-state index contributed by atoms with van der Waals surface area (Å²) < 4.78 is 8.43. The molecule has 1 aliphatic rings. The molecule has 0 aliphatic carbocycles. The Morgan fingerprint density at radius 2 is 1.78 bits per heavy atom. The van der Waals surface area contributed by atoms with E-state index in [0.29, 0.717) is 24.1 Å². The number of likely N-dealkylation sites (tertiary alicyclic amines) is 1. The molecule has 6 nitrogen and oxygen atoms in total. The van der Waals surface area contributed by atoms with E-state index < -0.39 is 0 Å². The molecular formula is C34H41ClN4O2. The van der Waals surface area contributed by atoms with Crippen LogP contribution in [0.25, 0.3) is 11.0 Å². The number of nitrogens with zero attached hydrogens (tertiary/aromatic N) is 3. The van der Waals surface area contributed by atoms with Crippen molar-refractivity contribution in [1.82, 2.24) is 19.8 Å². The molecule has 7 heteroatoms. The second-order valence-electron chi connectivity index (χ2n) is 11.6. The number of piperidine rings is 1. The number of benzene rings is 3. The van der Waals surface area contributed by atoms with Gasteiger partial charge in [-0.05, 0) is 86.7 Å². The Balaban J connectivity index is 1.22. The highest BCUT2D eigenvalue weighted by atomic mass is 35.5. The highest BCUT2D eigenvalue weighted by Crippen LogP contribution is 2.35. The fourth-order valence-electron chi connectivity index (χ4n) is 6.07. The van der Waals surface area contributed by atoms with Crippen molar-refractivity contribution in [2.45, 2.75) is 58.6 Å². The lowest BCUT2D eigenvalue weighted by molar-refractivity contribution is -0.119. The molecule has 5 rings (SSSR count). The minimum absolute atomic E-state index is 0.000753. The average molecular weight is 573 g/mol. The summed E-state index contributed by atoms with van der Waals surface area (Å²) in [5.41, 5.74) is 4.71. The molecule has 0 bridgehead atoms. The van der Waals surface area contributed by atoms with Crippen molar-refractivity contribution in [2.75, 3.05) is 26.2 Å². The molecule has 216 valence electrons. The van der Waals surface area contributed by atoms with Crippen molar-refractivity contribution >= 4 is 28.5 Å². The minimum Gasteiger partial charge on any atom is -0.486 e. The number of rotatable bonds is 11. The molecule has 0 spiro atoms. The minimum atomic E-state index is -0.000753. The quantitative estimate of drug-likeness (QED) is 0.215. The van der Waals surface area contributed by atoms with Crippen LogP contribution < -0.4 is 10.1 Å². The zero-order valence-electron chi connectivity index (χ0n) is 24.4. The van der Waals surface area contributed by atoms with Gasteiger partial charge in [0.15, 0.2) is 0 Å². The van der Waals surface area contributed by atoms with Gasteiger partial charge in [0.05, 0.1) is 11.0 Å². The molecule has 3 aromatic carbocycles. The maximum atomic E-state index is 11.7. The Morgan fingerprint density at radius 1 is 1.05 bits per heavy atom. The largest absolute Gasteiger partial charge is 0.486 e. The highest BCUT2D eigenvalue weighted by molar-refractivity contribution is 6.30. The number of hydrogen-bond acceptors (Lipinski definition) is 4. The van der Waals surface area contributed by atoms with Crippen LogP contribution in [-0.4, -0.2) is 46.5 Å². The predicted octanol–water partition coefficient (Wildman–Crippen LogP) is 6.77. The van der Waals surface area contributed by atoms with Crippen molar-refractivity contribution < 1.29 is 9.53 Å². The highest BCUT2D eigenvalue weighted by Gasteiger charge is 2.36. The summed E-state index contributed by atoms with van der Waals surface area (Å²) in [6, 6.07) is 24.6. The first kappa shape index (κ1) is 29.2. The molecule has 41 heavy (non-hydrogen) atoms. The third kappa shape index (κ3) is 7.11. The first-order chi connectivity index (χ1) is 19.8. The van der Waals surface area contributed by atoms with Crippen LogP contribution in [0.3, 0.4) is 0 Å². The van der Waals surface area contributed by atoms with E-state index in [4.69, 9.17) is 21.3 Å². The fourth-order valence-corrected chi connectivity index (χ4v) is 6.20. The zero-order chi connectivity index (χ0) is 28.8. The number of carbonyl (C=O) groups is 1. The summed E-state index contributed by atoms with van der Waals surface area (Å²) in [5, 5.41) is 3.81. The van der Waals surface area contributed by atoms with Gasteiger partial charge in [-0.25, -0.2) is 4.98 Å². The molecule has 1 saturated heterocycles. The van der Waals surface area contributed by atoms with Gasteiger partial charge in [-0.15, -0.1) is 0 Å². The van der Waals surface area contributed by atoms with E-state index in [1.807, 2.05) is 24.3 Å². The Bertz CT molecular complexity index is 1440. The topological polar surface area (TPSA) is 59.4 Å². The maximum absolute atomic E-state index is 11.7. The van der Waals surface area contributed by atoms with Gasteiger partial charge < -0.3 is 19.5 Å². The van der Waals surface area contributed by atoms with Gasteiger partial charge in [0.1, 0.15) is 18.2 Å². The van der Waals surface area contributed by atoms with Crippen LogP contribution in [0.1, 0.15) is 50.1 Å². The number of para-hydroxylation sites is 1. The van der Waals surface area contributed by atoms with Crippen LogP contribution in [-0.2, 0) is 23.4 Å². The summed E-state index contributed by atoms with van der Waals surface area (Å²) in [4.78, 5) is 19.3. The lowest BCUT2D eigenvalue weighted by Gasteiger charge is -2.43. The number of imidazole rings is 1. The molecule has 1 N–H and O–H groups in total. The van der Waals surface area contributed by atoms with Crippen molar-refractivity contribution in [3.8, 4) is 5.75 Å². The molecule has 0 radical (unpaired) electrons. The smallest absolute Gasteiger partial charge is 0.216 e. The van der Waals surface area contributed by atoms with E-state index in [1.165, 1.54) is 11.1 Å². The number of nitrogens with one attached hydrogen (secondary N) is 1. The summed E-state index contributed by atoms with van der Waals surface area (Å²) in [5.74, 6) is 2.30. The Morgan fingerprint density at radius 3 is 2.49 bits per heavy atom. The van der Waals surface area contributed by atoms with Crippen LogP contribution >= 0.6 is 11.6 Å². The van der Waals surface area contributed by atoms with Crippen LogP contribution in [0.15, 0.2) is 72.8 Å². The van der Waals surface area contributed by atoms with E-state index >= 15 is 0 Å². The van der Waals surface area contributed by atoms with E-state index in [2.05, 4.69) is 77.2 Å². The van der Waals surface area contributed by atoms with Crippen molar-refractivity contribution in [3.05, 3.63) is 94.8 Å². The molecule has 1 unspecified atom stereocenters. The maximum Gasteiger partial charge on any atom is 0.216 e. The van der Waals surface area contributed by atoms with E-state index in [1.54, 1.807) is 6.92 Å². The molecule has 0 saturated carbocycles. The number of hydrogen-bond donors (Lipinski definition) is 1. The molecule has 1 aliphatic heterocycles. The van der Waals surface area contributed by atoms with Gasteiger partial charge in [-0.3, -0.25) is 4.79 Å². The molecule has 1 atom stereocenters. The third-order valence-corrected chi connectivity index (χ3v) is 8.78. The summed E-state index contributed by atoms with van der Waals surface area (Å²) >= 11 is 6.04. The second-order valence-corrected chi connectivity index (χ2v) is 12.1. The third-order valence-electron chi connectivity index (χ3n) is 8.53. The molecular weight excluding hydrogens is 532 g/mol. The molecule has 4 aromatic rings. The first-order valence-corrected chi connectivity index (χ1v) is 15.1. The van der Waals surface area contributed by atoms with Crippen LogP contribution in [0.2, 0.25) is 5.02 Å². The monoisotopic (exact) mass is 572 g/mol. The average Bonchev–Trinajstić information content (AvgIpc) is 3.34. The van der Waals surface area contributed by atoms with Gasteiger partial charge in [0.2, 0.25) is 5.91 Å². The number of carbonyl (C=O) groups excluding carboxylic acids is 1. The van der Waals surface area contributed by atoms with E-state index in [0.717, 1.165) is 68.0 Å². The summed E-state index contributed by atoms with van der Waals surface area (Å²) in [7, 11) is 0. The number of amides is 1. The number of aryl methyl sites for hydroxylation is 2. The standard InChI is InChI=1S/C34H41ClN4O2/c1-25(22-38-20-17-34(18-21-38,24-36-27(3)40)28-9-5-4-6-10-28)16-19-39-31-11-7-8-26(2)33(31)37-32(39)23-41-30-14-12-29(35)13-15-30/h4-15,25H,16-24H2,1-3H3,(H,36,40). The summed E-state index contributed by atoms with van der Waals surface area (Å²) in [6.07, 6.45) is 3.14. The normalized spacial score (nSPS) is 16.0. The van der Waals surface area contributed by atoms with Crippen molar-refractivity contribution in [3.63, 3.8) is 0 Å². The van der Waals surface area contributed by atoms with Gasteiger partial charge in [0.25, 0.3) is 0 Å². The predicted molar refractivity (Wildman–Crippen MR) is 167 cm³/mol. The van der Waals surface area contributed by atoms with E-state index in [9.17, 15) is 4.79 Å². The van der Waals surface area contributed by atoms with Gasteiger partial charge >= 0.3 is 0 Å². The molecule has 1 aromatic heterocycles. The van der Waals surface area contributed by atoms with Crippen LogP contribution in [0, 0.1) is 12.8 Å². The van der Waals surface area contributed by atoms with Crippen LogP contribution in [0.4, 0.5) is 0 Å².